The molecule has 3 rings (SSSR count). The molecule has 2 aromatic carbocycles. The van der Waals surface area contributed by atoms with Crippen molar-refractivity contribution in [3.63, 3.8) is 0 Å². The van der Waals surface area contributed by atoms with Crippen LogP contribution < -0.4 is 4.74 Å². The van der Waals surface area contributed by atoms with E-state index in [9.17, 15) is 4.79 Å². The van der Waals surface area contributed by atoms with Crippen molar-refractivity contribution in [2.45, 2.75) is 11.4 Å². The van der Waals surface area contributed by atoms with Gasteiger partial charge in [-0.2, -0.15) is 0 Å². The molecule has 0 N–H and O–H groups in total. The number of carbonyl (C=O) groups is 1. The Bertz CT molecular complexity index is 780. The Hall–Kier alpha value is -1.37. The Balaban J connectivity index is 2.03. The lowest BCUT2D eigenvalue weighted by Gasteiger charge is -2.33. The van der Waals surface area contributed by atoms with Crippen LogP contribution in [0.25, 0.3) is 0 Å². The number of thioether (sulfide) groups is 1. The number of benzene rings is 2. The molecule has 0 spiro atoms. The predicted molar refractivity (Wildman–Crippen MR) is 106 cm³/mol. The molecule has 1 aliphatic heterocycles. The Labute approximate surface area is 159 Å². The number of nitrogens with zero attached hydrogens (tertiary/aromatic N) is 1. The normalized spacial score (nSPS) is 19.4. The number of ketones is 1. The fourth-order valence-corrected chi connectivity index (χ4v) is 4.17. The van der Waals surface area contributed by atoms with E-state index in [-0.39, 0.29) is 11.9 Å². The molecule has 0 fully saturated rings. The highest BCUT2D eigenvalue weighted by atomic mass is 79.9. The third-order valence-electron chi connectivity index (χ3n) is 3.72. The molecule has 2 atom stereocenters. The molecule has 124 valence electrons. The van der Waals surface area contributed by atoms with Crippen molar-refractivity contribution >= 4 is 50.0 Å². The summed E-state index contributed by atoms with van der Waals surface area (Å²) in [6, 6.07) is 15.3. The molecule has 0 bridgehead atoms. The molecular formula is C18H16BrNO2S2. The molecule has 3 nitrogen and oxygen atoms in total. The number of hydrogen-bond acceptors (Lipinski definition) is 4. The maximum atomic E-state index is 13.1. The smallest absolute Gasteiger partial charge is 0.184 e. The van der Waals surface area contributed by atoms with Crippen molar-refractivity contribution < 1.29 is 9.53 Å². The SMILES string of the molecule is CN(C)C(=S)S[C@@H]1C(=O)c2cc(Br)ccc2O[C@H]1c1ccccc1. The summed E-state index contributed by atoms with van der Waals surface area (Å²) in [4.78, 5) is 15.0. The fourth-order valence-electron chi connectivity index (χ4n) is 2.50. The minimum atomic E-state index is -0.413. The van der Waals surface area contributed by atoms with Gasteiger partial charge in [0.25, 0.3) is 0 Å². The molecule has 1 aliphatic rings. The van der Waals surface area contributed by atoms with Gasteiger partial charge < -0.3 is 9.64 Å². The fraction of sp³-hybridized carbons (Fsp3) is 0.222. The summed E-state index contributed by atoms with van der Waals surface area (Å²) in [5.74, 6) is 0.658. The Morgan fingerprint density at radius 1 is 1.21 bits per heavy atom. The van der Waals surface area contributed by atoms with Gasteiger partial charge in [0, 0.05) is 18.6 Å². The zero-order chi connectivity index (χ0) is 17.3. The molecule has 0 saturated heterocycles. The second-order valence-electron chi connectivity index (χ2n) is 5.65. The van der Waals surface area contributed by atoms with E-state index in [0.29, 0.717) is 15.6 Å². The third-order valence-corrected chi connectivity index (χ3v) is 6.14. The van der Waals surface area contributed by atoms with Crippen LogP contribution in [0, 0.1) is 0 Å². The van der Waals surface area contributed by atoms with Crippen LogP contribution in [-0.2, 0) is 0 Å². The molecule has 1 heterocycles. The number of hydrogen-bond donors (Lipinski definition) is 0. The summed E-state index contributed by atoms with van der Waals surface area (Å²) in [7, 11) is 3.76. The van der Waals surface area contributed by atoms with Crippen LogP contribution >= 0.6 is 39.9 Å². The van der Waals surface area contributed by atoms with Gasteiger partial charge in [0.2, 0.25) is 0 Å². The van der Waals surface area contributed by atoms with Gasteiger partial charge in [-0.05, 0) is 23.8 Å². The van der Waals surface area contributed by atoms with Crippen LogP contribution in [0.15, 0.2) is 53.0 Å². The number of ether oxygens (including phenoxy) is 1. The number of carbonyl (C=O) groups excluding carboxylic acids is 1. The molecule has 6 heteroatoms. The maximum Gasteiger partial charge on any atom is 0.184 e. The average molecular weight is 422 g/mol. The van der Waals surface area contributed by atoms with Gasteiger partial charge in [0.15, 0.2) is 5.78 Å². The minimum absolute atomic E-state index is 0.0422. The standard InChI is InChI=1S/C18H16BrNO2S2/c1-20(2)18(23)24-17-15(21)13-10-12(19)8-9-14(13)22-16(17)11-6-4-3-5-7-11/h3-10,16-17H,1-2H3/t16-,17+/m0/s1. The highest BCUT2D eigenvalue weighted by Crippen LogP contribution is 2.41. The average Bonchev–Trinajstić information content (AvgIpc) is 2.58. The highest BCUT2D eigenvalue weighted by molar-refractivity contribution is 9.10. The van der Waals surface area contributed by atoms with E-state index in [0.717, 1.165) is 10.0 Å². The van der Waals surface area contributed by atoms with Crippen LogP contribution in [-0.4, -0.2) is 34.3 Å². The maximum absolute atomic E-state index is 13.1. The monoisotopic (exact) mass is 421 g/mol. The number of thiocarbonyl (C=S) groups is 1. The molecule has 0 radical (unpaired) electrons. The quantitative estimate of drug-likeness (QED) is 0.654. The van der Waals surface area contributed by atoms with E-state index >= 15 is 0 Å². The lowest BCUT2D eigenvalue weighted by Crippen LogP contribution is -2.36. The van der Waals surface area contributed by atoms with Crippen molar-refractivity contribution in [3.05, 3.63) is 64.1 Å². The van der Waals surface area contributed by atoms with Crippen LogP contribution in [0.3, 0.4) is 0 Å². The Morgan fingerprint density at radius 2 is 1.92 bits per heavy atom. The Morgan fingerprint density at radius 3 is 2.58 bits per heavy atom. The van der Waals surface area contributed by atoms with E-state index in [4.69, 9.17) is 17.0 Å². The Kier molecular flexibility index (Phi) is 5.27. The largest absolute Gasteiger partial charge is 0.483 e. The van der Waals surface area contributed by atoms with E-state index in [2.05, 4.69) is 15.9 Å². The van der Waals surface area contributed by atoms with Crippen molar-refractivity contribution in [2.75, 3.05) is 14.1 Å². The molecule has 24 heavy (non-hydrogen) atoms. The first-order chi connectivity index (χ1) is 11.5. The van der Waals surface area contributed by atoms with Crippen LogP contribution in [0.4, 0.5) is 0 Å². The summed E-state index contributed by atoms with van der Waals surface area (Å²) < 4.78 is 7.72. The lowest BCUT2D eigenvalue weighted by molar-refractivity contribution is 0.0868. The number of rotatable bonds is 2. The summed E-state index contributed by atoms with van der Waals surface area (Å²) in [6.07, 6.45) is -0.365. The van der Waals surface area contributed by atoms with Crippen LogP contribution in [0.2, 0.25) is 0 Å². The van der Waals surface area contributed by atoms with Crippen molar-refractivity contribution in [2.24, 2.45) is 0 Å². The van der Waals surface area contributed by atoms with Gasteiger partial charge in [0.05, 0.1) is 5.56 Å². The third kappa shape index (κ3) is 3.50. The van der Waals surface area contributed by atoms with Gasteiger partial charge in [0.1, 0.15) is 21.4 Å². The van der Waals surface area contributed by atoms with Gasteiger partial charge in [-0.1, -0.05) is 70.2 Å². The summed E-state index contributed by atoms with van der Waals surface area (Å²) in [5.41, 5.74) is 1.56. The second-order valence-corrected chi connectivity index (χ2v) is 8.34. The summed E-state index contributed by atoms with van der Waals surface area (Å²) >= 11 is 10.2. The molecule has 0 aromatic heterocycles. The predicted octanol–water partition coefficient (Wildman–Crippen LogP) is 4.71. The van der Waals surface area contributed by atoms with Crippen molar-refractivity contribution in [3.8, 4) is 5.75 Å². The van der Waals surface area contributed by atoms with E-state index in [1.165, 1.54) is 11.8 Å². The molecule has 0 saturated carbocycles. The molecule has 0 amide bonds. The van der Waals surface area contributed by atoms with Gasteiger partial charge >= 0.3 is 0 Å². The summed E-state index contributed by atoms with van der Waals surface area (Å²) in [5, 5.41) is -0.413. The van der Waals surface area contributed by atoms with Gasteiger partial charge in [-0.3, -0.25) is 4.79 Å². The van der Waals surface area contributed by atoms with Crippen molar-refractivity contribution in [1.82, 2.24) is 4.90 Å². The molecule has 0 aliphatic carbocycles. The van der Waals surface area contributed by atoms with Gasteiger partial charge in [-0.15, -0.1) is 0 Å². The first-order valence-corrected chi connectivity index (χ1v) is 9.49. The minimum Gasteiger partial charge on any atom is -0.483 e. The van der Waals surface area contributed by atoms with E-state index in [1.54, 1.807) is 0 Å². The first-order valence-electron chi connectivity index (χ1n) is 7.40. The number of halogens is 1. The number of fused-ring (bicyclic) bond motifs is 1. The zero-order valence-electron chi connectivity index (χ0n) is 13.2. The van der Waals surface area contributed by atoms with Crippen LogP contribution in [0.1, 0.15) is 22.0 Å². The molecule has 2 aromatic rings. The van der Waals surface area contributed by atoms with Crippen LogP contribution in [0.5, 0.6) is 5.75 Å². The topological polar surface area (TPSA) is 29.5 Å². The lowest BCUT2D eigenvalue weighted by atomic mass is 9.96. The van der Waals surface area contributed by atoms with E-state index in [1.807, 2.05) is 67.5 Å². The summed E-state index contributed by atoms with van der Waals surface area (Å²) in [6.45, 7) is 0. The second kappa shape index (κ2) is 7.25. The number of Topliss-reactive ketones (excluding diaryl/α,β-unsaturated/α-hetero) is 1. The highest BCUT2D eigenvalue weighted by Gasteiger charge is 2.39. The van der Waals surface area contributed by atoms with E-state index < -0.39 is 5.25 Å². The van der Waals surface area contributed by atoms with Gasteiger partial charge in [-0.25, -0.2) is 0 Å². The first kappa shape index (κ1) is 17.5. The zero-order valence-corrected chi connectivity index (χ0v) is 16.5. The van der Waals surface area contributed by atoms with Crippen molar-refractivity contribution in [1.29, 1.82) is 0 Å². The molecule has 0 unspecified atom stereocenters. The molecular weight excluding hydrogens is 406 g/mol.